The van der Waals surface area contributed by atoms with Gasteiger partial charge in [-0.25, -0.2) is 9.97 Å². The predicted molar refractivity (Wildman–Crippen MR) is 91.4 cm³/mol. The molecule has 0 radical (unpaired) electrons. The molecule has 1 aromatic carbocycles. The second-order valence-electron chi connectivity index (χ2n) is 5.02. The van der Waals surface area contributed by atoms with Crippen LogP contribution >= 0.6 is 34.2 Å². The van der Waals surface area contributed by atoms with Crippen molar-refractivity contribution in [2.45, 2.75) is 6.10 Å². The van der Waals surface area contributed by atoms with Crippen molar-refractivity contribution < 1.29 is 4.74 Å². The Morgan fingerprint density at radius 3 is 2.76 bits per heavy atom. The second kappa shape index (κ2) is 6.56. The summed E-state index contributed by atoms with van der Waals surface area (Å²) >= 11 is 8.49. The number of benzene rings is 1. The zero-order valence-corrected chi connectivity index (χ0v) is 14.5. The van der Waals surface area contributed by atoms with Crippen LogP contribution in [0.25, 0.3) is 11.3 Å². The van der Waals surface area contributed by atoms with Gasteiger partial charge in [0.1, 0.15) is 11.3 Å². The maximum Gasteiger partial charge on any atom is 0.160 e. The number of ether oxygens (including phenoxy) is 1. The Morgan fingerprint density at radius 1 is 1.29 bits per heavy atom. The molecule has 1 aliphatic rings. The SMILES string of the molecule is CN1CCOC(c2nc(Cl)c(I)c(-c3ccccc3)n2)C1. The summed E-state index contributed by atoms with van der Waals surface area (Å²) in [4.78, 5) is 11.3. The molecular formula is C15H15ClIN3O. The minimum absolute atomic E-state index is 0.124. The topological polar surface area (TPSA) is 38.2 Å². The fourth-order valence-electron chi connectivity index (χ4n) is 2.30. The van der Waals surface area contributed by atoms with E-state index in [-0.39, 0.29) is 6.10 Å². The van der Waals surface area contributed by atoms with Crippen molar-refractivity contribution in [3.63, 3.8) is 0 Å². The van der Waals surface area contributed by atoms with Crippen LogP contribution in [0.1, 0.15) is 11.9 Å². The molecule has 2 aromatic rings. The Kier molecular flexibility index (Phi) is 4.73. The van der Waals surface area contributed by atoms with Crippen LogP contribution in [0.5, 0.6) is 0 Å². The van der Waals surface area contributed by atoms with Gasteiger partial charge in [-0.1, -0.05) is 41.9 Å². The van der Waals surface area contributed by atoms with E-state index < -0.39 is 0 Å². The molecule has 0 saturated carbocycles. The number of aromatic nitrogens is 2. The molecular weight excluding hydrogens is 401 g/mol. The van der Waals surface area contributed by atoms with Crippen LogP contribution in [-0.4, -0.2) is 41.6 Å². The maximum absolute atomic E-state index is 6.30. The molecule has 4 nitrogen and oxygen atoms in total. The Morgan fingerprint density at radius 2 is 2.05 bits per heavy atom. The fraction of sp³-hybridized carbons (Fsp3) is 0.333. The molecule has 21 heavy (non-hydrogen) atoms. The Labute approximate surface area is 142 Å². The van der Waals surface area contributed by atoms with E-state index in [0.717, 1.165) is 27.9 Å². The molecule has 0 bridgehead atoms. The summed E-state index contributed by atoms with van der Waals surface area (Å²) < 4.78 is 6.66. The van der Waals surface area contributed by atoms with Crippen LogP contribution in [0.3, 0.4) is 0 Å². The van der Waals surface area contributed by atoms with E-state index in [9.17, 15) is 0 Å². The summed E-state index contributed by atoms with van der Waals surface area (Å²) in [5, 5.41) is 0.483. The molecule has 2 heterocycles. The van der Waals surface area contributed by atoms with Crippen molar-refractivity contribution in [3.8, 4) is 11.3 Å². The highest BCUT2D eigenvalue weighted by Crippen LogP contribution is 2.30. The highest BCUT2D eigenvalue weighted by atomic mass is 127. The molecule has 0 N–H and O–H groups in total. The van der Waals surface area contributed by atoms with Crippen molar-refractivity contribution in [2.24, 2.45) is 0 Å². The molecule has 1 atom stereocenters. The number of morpholine rings is 1. The Balaban J connectivity index is 2.01. The molecule has 1 fully saturated rings. The molecule has 1 unspecified atom stereocenters. The molecule has 1 aromatic heterocycles. The molecule has 0 aliphatic carbocycles. The lowest BCUT2D eigenvalue weighted by molar-refractivity contribution is -0.0254. The summed E-state index contributed by atoms with van der Waals surface area (Å²) in [6.07, 6.45) is -0.124. The van der Waals surface area contributed by atoms with E-state index in [1.165, 1.54) is 0 Å². The van der Waals surface area contributed by atoms with Gasteiger partial charge >= 0.3 is 0 Å². The van der Waals surface area contributed by atoms with E-state index in [2.05, 4.69) is 39.5 Å². The quantitative estimate of drug-likeness (QED) is 0.557. The average Bonchev–Trinajstić information content (AvgIpc) is 2.51. The normalized spacial score (nSPS) is 19.7. The summed E-state index contributed by atoms with van der Waals surface area (Å²) in [6.45, 7) is 2.40. The van der Waals surface area contributed by atoms with Crippen LogP contribution in [0.4, 0.5) is 0 Å². The number of hydrogen-bond acceptors (Lipinski definition) is 4. The Hall–Kier alpha value is -0.760. The zero-order chi connectivity index (χ0) is 14.8. The van der Waals surface area contributed by atoms with E-state index in [4.69, 9.17) is 21.3 Å². The standard InChI is InChI=1S/C15H15ClIN3O/c1-20-7-8-21-11(9-20)15-18-13(12(17)14(16)19-15)10-5-3-2-4-6-10/h2-6,11H,7-9H2,1H3. The van der Waals surface area contributed by atoms with Gasteiger partial charge in [-0.05, 0) is 29.6 Å². The third-order valence-electron chi connectivity index (χ3n) is 3.43. The molecule has 1 aliphatic heterocycles. The largest absolute Gasteiger partial charge is 0.368 e. The van der Waals surface area contributed by atoms with Gasteiger partial charge in [0, 0.05) is 18.7 Å². The average molecular weight is 416 g/mol. The van der Waals surface area contributed by atoms with Gasteiger partial charge in [0.25, 0.3) is 0 Å². The van der Waals surface area contributed by atoms with Gasteiger partial charge in [0.05, 0.1) is 15.9 Å². The van der Waals surface area contributed by atoms with Crippen molar-refractivity contribution in [1.82, 2.24) is 14.9 Å². The monoisotopic (exact) mass is 415 g/mol. The first kappa shape index (κ1) is 15.1. The van der Waals surface area contributed by atoms with Gasteiger partial charge in [0.15, 0.2) is 5.82 Å². The number of halogens is 2. The van der Waals surface area contributed by atoms with Crippen molar-refractivity contribution >= 4 is 34.2 Å². The Bertz CT molecular complexity index is 638. The second-order valence-corrected chi connectivity index (χ2v) is 6.46. The third kappa shape index (κ3) is 3.36. The van der Waals surface area contributed by atoms with E-state index in [1.807, 2.05) is 30.3 Å². The van der Waals surface area contributed by atoms with Gasteiger partial charge in [-0.15, -0.1) is 0 Å². The zero-order valence-electron chi connectivity index (χ0n) is 11.6. The highest BCUT2D eigenvalue weighted by Gasteiger charge is 2.24. The van der Waals surface area contributed by atoms with Gasteiger partial charge < -0.3 is 9.64 Å². The summed E-state index contributed by atoms with van der Waals surface area (Å²) in [5.41, 5.74) is 1.90. The van der Waals surface area contributed by atoms with E-state index >= 15 is 0 Å². The first-order chi connectivity index (χ1) is 10.1. The summed E-state index contributed by atoms with van der Waals surface area (Å²) in [6, 6.07) is 10.0. The molecule has 0 spiro atoms. The highest BCUT2D eigenvalue weighted by molar-refractivity contribution is 14.1. The minimum Gasteiger partial charge on any atom is -0.368 e. The van der Waals surface area contributed by atoms with Crippen LogP contribution in [0.15, 0.2) is 30.3 Å². The van der Waals surface area contributed by atoms with Crippen molar-refractivity contribution in [2.75, 3.05) is 26.7 Å². The predicted octanol–water partition coefficient (Wildman–Crippen LogP) is 3.40. The first-order valence-corrected chi connectivity index (χ1v) is 8.19. The van der Waals surface area contributed by atoms with Crippen LogP contribution < -0.4 is 0 Å². The lowest BCUT2D eigenvalue weighted by atomic mass is 10.1. The van der Waals surface area contributed by atoms with Crippen LogP contribution in [-0.2, 0) is 4.74 Å². The van der Waals surface area contributed by atoms with Crippen LogP contribution in [0, 0.1) is 3.57 Å². The molecule has 110 valence electrons. The maximum atomic E-state index is 6.30. The molecule has 1 saturated heterocycles. The van der Waals surface area contributed by atoms with Gasteiger partial charge in [0.2, 0.25) is 0 Å². The lowest BCUT2D eigenvalue weighted by Crippen LogP contribution is -2.36. The molecule has 6 heteroatoms. The minimum atomic E-state index is -0.124. The lowest BCUT2D eigenvalue weighted by Gasteiger charge is -2.29. The van der Waals surface area contributed by atoms with Gasteiger partial charge in [-0.2, -0.15) is 0 Å². The molecule has 3 rings (SSSR count). The van der Waals surface area contributed by atoms with E-state index in [0.29, 0.717) is 17.6 Å². The van der Waals surface area contributed by atoms with Crippen molar-refractivity contribution in [3.05, 3.63) is 44.9 Å². The van der Waals surface area contributed by atoms with Gasteiger partial charge in [-0.3, -0.25) is 0 Å². The number of hydrogen-bond donors (Lipinski definition) is 0. The van der Waals surface area contributed by atoms with E-state index in [1.54, 1.807) is 0 Å². The van der Waals surface area contributed by atoms with Crippen LogP contribution in [0.2, 0.25) is 5.15 Å². The number of likely N-dealkylation sites (N-methyl/N-ethyl adjacent to an activating group) is 1. The van der Waals surface area contributed by atoms with Crippen molar-refractivity contribution in [1.29, 1.82) is 0 Å². The fourth-order valence-corrected chi connectivity index (χ4v) is 3.03. The first-order valence-electron chi connectivity index (χ1n) is 6.73. The number of rotatable bonds is 2. The summed E-state index contributed by atoms with van der Waals surface area (Å²) in [7, 11) is 2.07. The summed E-state index contributed by atoms with van der Waals surface area (Å²) in [5.74, 6) is 0.658. The third-order valence-corrected chi connectivity index (χ3v) is 5.05. The number of nitrogens with zero attached hydrogens (tertiary/aromatic N) is 3. The molecule has 0 amide bonds. The smallest absolute Gasteiger partial charge is 0.160 e.